The lowest BCUT2D eigenvalue weighted by atomic mass is 10.1. The molecule has 0 radical (unpaired) electrons. The van der Waals surface area contributed by atoms with Crippen LogP contribution in [0.15, 0.2) is 23.1 Å². The molecular weight excluding hydrogens is 236 g/mol. The van der Waals surface area contributed by atoms with Gasteiger partial charge in [-0.25, -0.2) is 8.42 Å². The van der Waals surface area contributed by atoms with Crippen LogP contribution in [0.1, 0.15) is 24.0 Å². The molecule has 2 N–H and O–H groups in total. The molecule has 0 saturated carbocycles. The first-order valence-electron chi connectivity index (χ1n) is 5.85. The molecule has 1 fully saturated rings. The van der Waals surface area contributed by atoms with Crippen molar-refractivity contribution in [1.29, 1.82) is 0 Å². The van der Waals surface area contributed by atoms with E-state index in [1.54, 1.807) is 16.4 Å². The van der Waals surface area contributed by atoms with Gasteiger partial charge in [-0.3, -0.25) is 0 Å². The Balaban J connectivity index is 2.39. The highest BCUT2D eigenvalue weighted by Crippen LogP contribution is 2.22. The van der Waals surface area contributed by atoms with Gasteiger partial charge >= 0.3 is 0 Å². The zero-order valence-electron chi connectivity index (χ0n) is 10.0. The number of nitrogens with two attached hydrogens (primary N) is 1. The quantitative estimate of drug-likeness (QED) is 0.882. The molecule has 0 aromatic heterocycles. The first kappa shape index (κ1) is 12.5. The Morgan fingerprint density at radius 2 is 1.94 bits per heavy atom. The molecule has 1 aromatic carbocycles. The molecule has 2 rings (SSSR count). The van der Waals surface area contributed by atoms with Crippen LogP contribution in [-0.4, -0.2) is 25.8 Å². The SMILES string of the molecule is Cc1ccc(S(=O)(=O)N2CCCC2)cc1CN. The molecule has 4 nitrogen and oxygen atoms in total. The van der Waals surface area contributed by atoms with Gasteiger partial charge in [0.1, 0.15) is 0 Å². The number of hydrogen-bond acceptors (Lipinski definition) is 3. The van der Waals surface area contributed by atoms with Gasteiger partial charge in [0.2, 0.25) is 10.0 Å². The van der Waals surface area contributed by atoms with Crippen molar-refractivity contribution in [1.82, 2.24) is 4.31 Å². The average Bonchev–Trinajstić information content (AvgIpc) is 2.83. The molecule has 0 unspecified atom stereocenters. The molecule has 0 atom stereocenters. The minimum absolute atomic E-state index is 0.366. The standard InChI is InChI=1S/C12H18N2O2S/c1-10-4-5-12(8-11(10)9-13)17(15,16)14-6-2-3-7-14/h4-5,8H,2-3,6-7,9,13H2,1H3. The molecule has 0 amide bonds. The van der Waals surface area contributed by atoms with Gasteiger partial charge in [0.25, 0.3) is 0 Å². The van der Waals surface area contributed by atoms with Crippen molar-refractivity contribution in [2.45, 2.75) is 31.2 Å². The van der Waals surface area contributed by atoms with Crippen LogP contribution >= 0.6 is 0 Å². The van der Waals surface area contributed by atoms with E-state index in [1.807, 2.05) is 13.0 Å². The summed E-state index contributed by atoms with van der Waals surface area (Å²) in [5.74, 6) is 0. The molecule has 0 bridgehead atoms. The molecule has 17 heavy (non-hydrogen) atoms. The van der Waals surface area contributed by atoms with Gasteiger partial charge < -0.3 is 5.73 Å². The Labute approximate surface area is 102 Å². The second-order valence-electron chi connectivity index (χ2n) is 4.40. The first-order chi connectivity index (χ1) is 8.05. The maximum Gasteiger partial charge on any atom is 0.243 e. The molecule has 1 aromatic rings. The molecule has 1 aliphatic rings. The fourth-order valence-electron chi connectivity index (χ4n) is 2.11. The molecule has 0 aliphatic carbocycles. The highest BCUT2D eigenvalue weighted by atomic mass is 32.2. The van der Waals surface area contributed by atoms with Crippen molar-refractivity contribution in [2.24, 2.45) is 5.73 Å². The van der Waals surface area contributed by atoms with Crippen LogP contribution in [0.25, 0.3) is 0 Å². The second-order valence-corrected chi connectivity index (χ2v) is 6.34. The van der Waals surface area contributed by atoms with Crippen molar-refractivity contribution in [2.75, 3.05) is 13.1 Å². The second kappa shape index (κ2) is 4.76. The lowest BCUT2D eigenvalue weighted by molar-refractivity contribution is 0.477. The summed E-state index contributed by atoms with van der Waals surface area (Å²) >= 11 is 0. The lowest BCUT2D eigenvalue weighted by Gasteiger charge is -2.16. The van der Waals surface area contributed by atoms with Crippen LogP contribution in [0.4, 0.5) is 0 Å². The highest BCUT2D eigenvalue weighted by molar-refractivity contribution is 7.89. The zero-order valence-corrected chi connectivity index (χ0v) is 10.8. The maximum atomic E-state index is 12.3. The smallest absolute Gasteiger partial charge is 0.243 e. The number of aryl methyl sites for hydroxylation is 1. The fraction of sp³-hybridized carbons (Fsp3) is 0.500. The summed E-state index contributed by atoms with van der Waals surface area (Å²) in [5, 5.41) is 0. The topological polar surface area (TPSA) is 63.4 Å². The number of sulfonamides is 1. The number of benzene rings is 1. The monoisotopic (exact) mass is 254 g/mol. The normalized spacial score (nSPS) is 17.5. The summed E-state index contributed by atoms with van der Waals surface area (Å²) in [6.07, 6.45) is 1.91. The van der Waals surface area contributed by atoms with E-state index in [0.29, 0.717) is 24.5 Å². The minimum atomic E-state index is -3.31. The molecule has 5 heteroatoms. The largest absolute Gasteiger partial charge is 0.326 e. The molecule has 94 valence electrons. The Morgan fingerprint density at radius 1 is 1.29 bits per heavy atom. The van der Waals surface area contributed by atoms with Gasteiger partial charge in [0.05, 0.1) is 4.90 Å². The summed E-state index contributed by atoms with van der Waals surface area (Å²) < 4.78 is 26.2. The highest BCUT2D eigenvalue weighted by Gasteiger charge is 2.27. The number of rotatable bonds is 3. The minimum Gasteiger partial charge on any atom is -0.326 e. The van der Waals surface area contributed by atoms with E-state index in [2.05, 4.69) is 0 Å². The Morgan fingerprint density at radius 3 is 2.53 bits per heavy atom. The van der Waals surface area contributed by atoms with Crippen molar-refractivity contribution in [3.63, 3.8) is 0 Å². The van der Waals surface area contributed by atoms with Crippen LogP contribution in [-0.2, 0) is 16.6 Å². The van der Waals surface area contributed by atoms with E-state index < -0.39 is 10.0 Å². The van der Waals surface area contributed by atoms with Crippen LogP contribution < -0.4 is 5.73 Å². The predicted octanol–water partition coefficient (Wildman–Crippen LogP) is 1.24. The van der Waals surface area contributed by atoms with Crippen molar-refractivity contribution >= 4 is 10.0 Å². The Hall–Kier alpha value is -0.910. The van der Waals surface area contributed by atoms with Gasteiger partial charge in [0.15, 0.2) is 0 Å². The van der Waals surface area contributed by atoms with Crippen molar-refractivity contribution in [3.05, 3.63) is 29.3 Å². The van der Waals surface area contributed by atoms with Gasteiger partial charge in [-0.2, -0.15) is 4.31 Å². The first-order valence-corrected chi connectivity index (χ1v) is 7.29. The fourth-order valence-corrected chi connectivity index (χ4v) is 3.67. The summed E-state index contributed by atoms with van der Waals surface area (Å²) in [7, 11) is -3.31. The van der Waals surface area contributed by atoms with Crippen LogP contribution in [0, 0.1) is 6.92 Å². The molecule has 0 spiro atoms. The number of nitrogens with zero attached hydrogens (tertiary/aromatic N) is 1. The van der Waals surface area contributed by atoms with E-state index in [4.69, 9.17) is 5.73 Å². The summed E-state index contributed by atoms with van der Waals surface area (Å²) in [6.45, 7) is 3.58. The third kappa shape index (κ3) is 2.36. The maximum absolute atomic E-state index is 12.3. The lowest BCUT2D eigenvalue weighted by Crippen LogP contribution is -2.28. The number of hydrogen-bond donors (Lipinski definition) is 1. The van der Waals surface area contributed by atoms with Gasteiger partial charge in [-0.1, -0.05) is 6.07 Å². The van der Waals surface area contributed by atoms with Gasteiger partial charge in [-0.15, -0.1) is 0 Å². The summed E-state index contributed by atoms with van der Waals surface area (Å²) in [6, 6.07) is 5.19. The molecule has 1 saturated heterocycles. The van der Waals surface area contributed by atoms with Gasteiger partial charge in [-0.05, 0) is 43.0 Å². The van der Waals surface area contributed by atoms with Gasteiger partial charge in [0, 0.05) is 19.6 Å². The van der Waals surface area contributed by atoms with Crippen LogP contribution in [0.5, 0.6) is 0 Å². The average molecular weight is 254 g/mol. The third-order valence-electron chi connectivity index (χ3n) is 3.24. The molecule has 1 heterocycles. The van der Waals surface area contributed by atoms with E-state index in [0.717, 1.165) is 24.0 Å². The zero-order chi connectivity index (χ0) is 12.5. The molecular formula is C12H18N2O2S. The van der Waals surface area contributed by atoms with Crippen molar-refractivity contribution < 1.29 is 8.42 Å². The third-order valence-corrected chi connectivity index (χ3v) is 5.14. The molecule has 1 aliphatic heterocycles. The van der Waals surface area contributed by atoms with E-state index in [-0.39, 0.29) is 0 Å². The van der Waals surface area contributed by atoms with Crippen molar-refractivity contribution in [3.8, 4) is 0 Å². The Bertz CT molecular complexity index is 505. The Kier molecular flexibility index (Phi) is 3.51. The summed E-state index contributed by atoms with van der Waals surface area (Å²) in [4.78, 5) is 0.366. The van der Waals surface area contributed by atoms with E-state index in [1.165, 1.54) is 0 Å². The predicted molar refractivity (Wildman–Crippen MR) is 67.1 cm³/mol. The van der Waals surface area contributed by atoms with Crippen LogP contribution in [0.3, 0.4) is 0 Å². The summed E-state index contributed by atoms with van der Waals surface area (Å²) in [5.41, 5.74) is 7.54. The van der Waals surface area contributed by atoms with Crippen LogP contribution in [0.2, 0.25) is 0 Å². The van der Waals surface area contributed by atoms with E-state index >= 15 is 0 Å². The van der Waals surface area contributed by atoms with E-state index in [9.17, 15) is 8.42 Å².